The average molecular weight is 602 g/mol. The largest absolute Gasteiger partial charge is 0.453 e. The zero-order valence-electron chi connectivity index (χ0n) is 25.1. The van der Waals surface area contributed by atoms with Crippen LogP contribution in [-0.2, 0) is 28.5 Å². The van der Waals surface area contributed by atoms with Crippen LogP contribution in [0.2, 0.25) is 0 Å². The molecule has 0 aromatic carbocycles. The molecular weight excluding hydrogens is 554 g/mol. The summed E-state index contributed by atoms with van der Waals surface area (Å²) in [5.41, 5.74) is 0.486. The average Bonchev–Trinajstić information content (AvgIpc) is 3.85. The molecule has 1 saturated carbocycles. The van der Waals surface area contributed by atoms with Crippen molar-refractivity contribution in [2.45, 2.75) is 107 Å². The van der Waals surface area contributed by atoms with Crippen molar-refractivity contribution in [3.05, 3.63) is 11.6 Å². The first kappa shape index (κ1) is 33.6. The molecule has 0 radical (unpaired) electrons. The normalized spacial score (nSPS) is 30.7. The number of amides is 3. The number of nitrogens with one attached hydrogen (secondary N) is 3. The van der Waals surface area contributed by atoms with Crippen LogP contribution in [0.3, 0.4) is 0 Å². The lowest BCUT2D eigenvalue weighted by Crippen LogP contribution is -2.56. The van der Waals surface area contributed by atoms with Crippen molar-refractivity contribution < 1.29 is 38.1 Å². The molecule has 1 spiro atoms. The Balaban J connectivity index is 1.36. The van der Waals surface area contributed by atoms with Crippen LogP contribution in [0.25, 0.3) is 0 Å². The number of hydrogen-bond donors (Lipinski definition) is 3. The maximum Gasteiger partial charge on any atom is 0.414 e. The van der Waals surface area contributed by atoms with Gasteiger partial charge in [0.1, 0.15) is 28.8 Å². The molecule has 0 bridgehead atoms. The summed E-state index contributed by atoms with van der Waals surface area (Å²) in [7, 11) is 2.95. The van der Waals surface area contributed by atoms with Gasteiger partial charge >= 0.3 is 12.2 Å². The summed E-state index contributed by atoms with van der Waals surface area (Å²) in [6, 6.07) is 0. The summed E-state index contributed by atoms with van der Waals surface area (Å²) < 4.78 is 28.3. The van der Waals surface area contributed by atoms with Gasteiger partial charge in [-0.3, -0.25) is 10.1 Å². The van der Waals surface area contributed by atoms with Crippen LogP contribution >= 0.6 is 11.6 Å². The Hall–Kier alpha value is -1.92. The molecule has 7 atom stereocenters. The zero-order chi connectivity index (χ0) is 30.0. The number of carbonyl (C=O) groups is 3. The van der Waals surface area contributed by atoms with Gasteiger partial charge in [-0.2, -0.15) is 0 Å². The van der Waals surface area contributed by atoms with Gasteiger partial charge in [0.05, 0.1) is 25.7 Å². The first-order valence-electron chi connectivity index (χ1n) is 14.7. The van der Waals surface area contributed by atoms with E-state index in [1.807, 2.05) is 0 Å². The first-order valence-corrected chi connectivity index (χ1v) is 15.2. The molecule has 1 aliphatic carbocycles. The standard InChI is InChI=1S/C29H48ClN3O8/c1-19(2)11-12-22-28(3,41-22)24-23(37-4)21(13-14-29(24)18-39-29)40-27(36)33-25(34)20(30)10-8-6-7-9-15-31-16-17-32-26(35)38-5/h11,20-24,31H,6-10,12-18H2,1-5H3,(H,32,35)(H,33,34,36)/t20?,21?,22-,23?,24?,28+,29+/m1/s1. The van der Waals surface area contributed by atoms with E-state index in [2.05, 4.69) is 47.5 Å². The third kappa shape index (κ3) is 9.54. The monoisotopic (exact) mass is 601 g/mol. The fourth-order valence-electron chi connectivity index (χ4n) is 5.92. The number of unbranched alkanes of at least 4 members (excludes halogenated alkanes) is 3. The third-order valence-corrected chi connectivity index (χ3v) is 8.74. The fraction of sp³-hybridized carbons (Fsp3) is 0.828. The van der Waals surface area contributed by atoms with E-state index in [0.29, 0.717) is 32.5 Å². The molecule has 3 amide bonds. The summed E-state index contributed by atoms with van der Waals surface area (Å²) in [6.45, 7) is 8.86. The molecule has 41 heavy (non-hydrogen) atoms. The summed E-state index contributed by atoms with van der Waals surface area (Å²) in [5, 5.41) is 7.33. The van der Waals surface area contributed by atoms with E-state index in [1.54, 1.807) is 7.11 Å². The molecule has 2 saturated heterocycles. The number of hydrogen-bond acceptors (Lipinski definition) is 9. The number of allylic oxidation sites excluding steroid dienone is 1. The van der Waals surface area contributed by atoms with Crippen LogP contribution < -0.4 is 16.0 Å². The van der Waals surface area contributed by atoms with Crippen LogP contribution in [-0.4, -0.2) is 93.4 Å². The molecule has 3 rings (SSSR count). The van der Waals surface area contributed by atoms with Crippen molar-refractivity contribution in [2.24, 2.45) is 5.92 Å². The van der Waals surface area contributed by atoms with E-state index in [4.69, 9.17) is 30.5 Å². The van der Waals surface area contributed by atoms with E-state index in [-0.39, 0.29) is 17.6 Å². The number of epoxide rings is 2. The highest BCUT2D eigenvalue weighted by Crippen LogP contribution is 2.59. The van der Waals surface area contributed by atoms with Crippen LogP contribution in [0.4, 0.5) is 9.59 Å². The van der Waals surface area contributed by atoms with Gasteiger partial charge < -0.3 is 34.3 Å². The topological polar surface area (TPSA) is 140 Å². The van der Waals surface area contributed by atoms with Crippen molar-refractivity contribution in [1.29, 1.82) is 0 Å². The van der Waals surface area contributed by atoms with Crippen LogP contribution in [0.1, 0.15) is 72.1 Å². The molecule has 2 aliphatic heterocycles. The van der Waals surface area contributed by atoms with E-state index < -0.39 is 41.3 Å². The molecule has 2 heterocycles. The molecule has 12 heteroatoms. The van der Waals surface area contributed by atoms with E-state index in [0.717, 1.165) is 45.1 Å². The number of imide groups is 1. The quantitative estimate of drug-likeness (QED) is 0.104. The Morgan fingerprint density at radius 3 is 2.46 bits per heavy atom. The van der Waals surface area contributed by atoms with Gasteiger partial charge in [0.25, 0.3) is 0 Å². The van der Waals surface area contributed by atoms with Gasteiger partial charge in [0, 0.05) is 20.2 Å². The maximum atomic E-state index is 12.7. The Kier molecular flexibility index (Phi) is 12.7. The molecule has 234 valence electrons. The number of methoxy groups -OCH3 is 2. The molecule has 0 aromatic heterocycles. The number of halogens is 1. The lowest BCUT2D eigenvalue weighted by Gasteiger charge is -2.42. The second kappa shape index (κ2) is 15.5. The Bertz CT molecular complexity index is 926. The van der Waals surface area contributed by atoms with Crippen molar-refractivity contribution in [3.8, 4) is 0 Å². The number of carbonyl (C=O) groups excluding carboxylic acids is 3. The summed E-state index contributed by atoms with van der Waals surface area (Å²) in [5.74, 6) is -0.649. The number of rotatable bonds is 16. The molecule has 3 fully saturated rings. The minimum absolute atomic E-state index is 0.0545. The predicted molar refractivity (Wildman–Crippen MR) is 154 cm³/mol. The summed E-state index contributed by atoms with van der Waals surface area (Å²) in [4.78, 5) is 36.2. The molecule has 3 N–H and O–H groups in total. The maximum absolute atomic E-state index is 12.7. The highest BCUT2D eigenvalue weighted by atomic mass is 35.5. The minimum atomic E-state index is -0.819. The van der Waals surface area contributed by atoms with Gasteiger partial charge in [0.15, 0.2) is 0 Å². The molecule has 3 aliphatic rings. The van der Waals surface area contributed by atoms with Crippen molar-refractivity contribution in [3.63, 3.8) is 0 Å². The first-order chi connectivity index (χ1) is 19.6. The third-order valence-electron chi connectivity index (χ3n) is 8.32. The Morgan fingerprint density at radius 1 is 1.07 bits per heavy atom. The van der Waals surface area contributed by atoms with Crippen LogP contribution in [0.15, 0.2) is 11.6 Å². The number of ether oxygens (including phenoxy) is 5. The smallest absolute Gasteiger partial charge is 0.414 e. The zero-order valence-corrected chi connectivity index (χ0v) is 25.8. The van der Waals surface area contributed by atoms with Gasteiger partial charge in [-0.1, -0.05) is 30.9 Å². The Labute approximate surface area is 248 Å². The molecule has 0 aromatic rings. The van der Waals surface area contributed by atoms with E-state index in [1.165, 1.54) is 12.7 Å². The van der Waals surface area contributed by atoms with Gasteiger partial charge in [-0.05, 0) is 59.4 Å². The number of alkyl carbamates (subject to hydrolysis) is 2. The van der Waals surface area contributed by atoms with E-state index >= 15 is 0 Å². The summed E-state index contributed by atoms with van der Waals surface area (Å²) >= 11 is 6.27. The van der Waals surface area contributed by atoms with Crippen LogP contribution in [0.5, 0.6) is 0 Å². The van der Waals surface area contributed by atoms with Gasteiger partial charge in [-0.15, -0.1) is 11.6 Å². The Morgan fingerprint density at radius 2 is 1.80 bits per heavy atom. The highest BCUT2D eigenvalue weighted by Gasteiger charge is 2.72. The SMILES string of the molecule is COC(=O)NCCNCCCCCCC(Cl)C(=O)NC(=O)OC1CC[C@]2(CO2)C([C@@]2(C)O[C@@H]2CC=C(C)C)C1OC. The van der Waals surface area contributed by atoms with Crippen LogP contribution in [0, 0.1) is 5.92 Å². The van der Waals surface area contributed by atoms with Gasteiger partial charge in [-0.25, -0.2) is 9.59 Å². The molecular formula is C29H48ClN3O8. The second-order valence-corrected chi connectivity index (χ2v) is 12.2. The van der Waals surface area contributed by atoms with E-state index in [9.17, 15) is 14.4 Å². The van der Waals surface area contributed by atoms with Crippen molar-refractivity contribution >= 4 is 29.7 Å². The molecule has 4 unspecified atom stereocenters. The predicted octanol–water partition coefficient (Wildman–Crippen LogP) is 3.82. The fourth-order valence-corrected chi connectivity index (χ4v) is 6.13. The highest BCUT2D eigenvalue weighted by molar-refractivity contribution is 6.31. The van der Waals surface area contributed by atoms with Crippen molar-refractivity contribution in [2.75, 3.05) is 40.5 Å². The number of alkyl halides is 1. The van der Waals surface area contributed by atoms with Gasteiger partial charge in [0.2, 0.25) is 5.91 Å². The van der Waals surface area contributed by atoms with Crippen molar-refractivity contribution in [1.82, 2.24) is 16.0 Å². The minimum Gasteiger partial charge on any atom is -0.453 e. The lowest BCUT2D eigenvalue weighted by atomic mass is 9.68. The molecule has 11 nitrogen and oxygen atoms in total. The summed E-state index contributed by atoms with van der Waals surface area (Å²) in [6.07, 6.45) is 6.25. The second-order valence-electron chi connectivity index (χ2n) is 11.6. The lowest BCUT2D eigenvalue weighted by molar-refractivity contribution is -0.125.